The van der Waals surface area contributed by atoms with Gasteiger partial charge in [-0.2, -0.15) is 0 Å². The molecule has 0 aliphatic carbocycles. The number of benzene rings is 3. The molecule has 1 aliphatic heterocycles. The van der Waals surface area contributed by atoms with Crippen molar-refractivity contribution >= 4 is 46.1 Å². The van der Waals surface area contributed by atoms with Crippen LogP contribution in [0.4, 0.5) is 4.39 Å². The van der Waals surface area contributed by atoms with E-state index in [1.54, 1.807) is 29.2 Å². The predicted molar refractivity (Wildman–Crippen MR) is 137 cm³/mol. The second-order valence-electron chi connectivity index (χ2n) is 8.48. The molecule has 5 nitrogen and oxygen atoms in total. The summed E-state index contributed by atoms with van der Waals surface area (Å²) in [7, 11) is 1.96. The van der Waals surface area contributed by atoms with E-state index in [-0.39, 0.29) is 36.5 Å². The molecule has 0 bridgehead atoms. The van der Waals surface area contributed by atoms with E-state index >= 15 is 0 Å². The minimum absolute atomic E-state index is 0.118. The smallest absolute Gasteiger partial charge is 0.247 e. The molecule has 1 atom stereocenters. The Labute approximate surface area is 211 Å². The molecule has 0 saturated heterocycles. The van der Waals surface area contributed by atoms with Gasteiger partial charge in [0.05, 0.1) is 10.8 Å². The third kappa shape index (κ3) is 4.66. The van der Waals surface area contributed by atoms with Gasteiger partial charge in [-0.05, 0) is 41.5 Å². The second kappa shape index (κ2) is 9.76. The zero-order valence-electron chi connectivity index (χ0n) is 19.0. The van der Waals surface area contributed by atoms with E-state index in [2.05, 4.69) is 9.88 Å². The van der Waals surface area contributed by atoms with E-state index in [1.807, 2.05) is 43.4 Å². The average Bonchev–Trinajstić information content (AvgIpc) is 3.05. The number of rotatable bonds is 5. The topological polar surface area (TPSA) is 54.3 Å². The Hall–Kier alpha value is -3.29. The van der Waals surface area contributed by atoms with Crippen LogP contribution in [-0.2, 0) is 29.7 Å². The summed E-state index contributed by atoms with van der Waals surface area (Å²) in [6, 6.07) is 20.4. The Morgan fingerprint density at radius 2 is 1.74 bits per heavy atom. The van der Waals surface area contributed by atoms with E-state index < -0.39 is 6.04 Å². The number of fused-ring (bicyclic) bond motifs is 3. The Balaban J connectivity index is 1.57. The highest BCUT2D eigenvalue weighted by atomic mass is 35.5. The molecule has 1 N–H and O–H groups in total. The van der Waals surface area contributed by atoms with Crippen LogP contribution >= 0.6 is 23.4 Å². The van der Waals surface area contributed by atoms with Gasteiger partial charge in [0.15, 0.2) is 0 Å². The van der Waals surface area contributed by atoms with Crippen molar-refractivity contribution in [1.82, 2.24) is 14.8 Å². The molecule has 8 heteroatoms. The SMILES string of the molecule is Cn1c2c(c3ccccc31)C(C(=O)NCc1ccc(F)cc1)N(Cc1ccc(Cl)cc1)C(=O)CS2. The predicted octanol–water partition coefficient (Wildman–Crippen LogP) is 5.46. The molecule has 35 heavy (non-hydrogen) atoms. The molecule has 0 saturated carbocycles. The minimum Gasteiger partial charge on any atom is -0.350 e. The first-order chi connectivity index (χ1) is 16.9. The monoisotopic (exact) mass is 507 g/mol. The van der Waals surface area contributed by atoms with Crippen molar-refractivity contribution in [3.8, 4) is 0 Å². The van der Waals surface area contributed by atoms with Crippen LogP contribution in [0, 0.1) is 5.82 Å². The maximum atomic E-state index is 13.8. The van der Waals surface area contributed by atoms with Crippen molar-refractivity contribution in [1.29, 1.82) is 0 Å². The van der Waals surface area contributed by atoms with Crippen LogP contribution in [0.15, 0.2) is 77.8 Å². The Bertz CT molecular complexity index is 1400. The lowest BCUT2D eigenvalue weighted by Crippen LogP contribution is -2.43. The largest absolute Gasteiger partial charge is 0.350 e. The lowest BCUT2D eigenvalue weighted by Gasteiger charge is -2.30. The fraction of sp³-hybridized carbons (Fsp3) is 0.185. The van der Waals surface area contributed by atoms with Crippen LogP contribution < -0.4 is 5.32 Å². The number of halogens is 2. The molecule has 1 aromatic heterocycles. The highest BCUT2D eigenvalue weighted by Crippen LogP contribution is 2.42. The van der Waals surface area contributed by atoms with Crippen molar-refractivity contribution in [3.63, 3.8) is 0 Å². The zero-order valence-corrected chi connectivity index (χ0v) is 20.6. The number of aryl methyl sites for hydroxylation is 1. The number of carbonyl (C=O) groups is 2. The number of nitrogens with zero attached hydrogens (tertiary/aromatic N) is 2. The number of hydrogen-bond acceptors (Lipinski definition) is 3. The van der Waals surface area contributed by atoms with Crippen LogP contribution in [-0.4, -0.2) is 27.0 Å². The molecule has 178 valence electrons. The van der Waals surface area contributed by atoms with Gasteiger partial charge in [0.2, 0.25) is 11.8 Å². The maximum absolute atomic E-state index is 13.8. The van der Waals surface area contributed by atoms with Crippen LogP contribution in [0.1, 0.15) is 22.7 Å². The highest BCUT2D eigenvalue weighted by Gasteiger charge is 2.38. The number of amides is 2. The number of aromatic nitrogens is 1. The van der Waals surface area contributed by atoms with Gasteiger partial charge in [-0.3, -0.25) is 9.59 Å². The summed E-state index contributed by atoms with van der Waals surface area (Å²) >= 11 is 7.51. The molecule has 5 rings (SSSR count). The Morgan fingerprint density at radius 3 is 2.49 bits per heavy atom. The number of thioether (sulfide) groups is 1. The molecule has 1 aliphatic rings. The third-order valence-corrected chi connectivity index (χ3v) is 7.63. The van der Waals surface area contributed by atoms with Gasteiger partial charge in [0.25, 0.3) is 0 Å². The Morgan fingerprint density at radius 1 is 1.06 bits per heavy atom. The van der Waals surface area contributed by atoms with E-state index in [9.17, 15) is 14.0 Å². The van der Waals surface area contributed by atoms with Crippen molar-refractivity contribution < 1.29 is 14.0 Å². The molecule has 4 aromatic rings. The fourth-order valence-corrected chi connectivity index (χ4v) is 5.70. The van der Waals surface area contributed by atoms with Crippen molar-refractivity contribution in [3.05, 3.63) is 100 Å². The first-order valence-electron chi connectivity index (χ1n) is 11.2. The Kier molecular flexibility index (Phi) is 6.54. The quantitative estimate of drug-likeness (QED) is 0.390. The lowest BCUT2D eigenvalue weighted by molar-refractivity contribution is -0.139. The summed E-state index contributed by atoms with van der Waals surface area (Å²) in [5.41, 5.74) is 3.48. The molecule has 0 fully saturated rings. The van der Waals surface area contributed by atoms with E-state index in [1.165, 1.54) is 23.9 Å². The second-order valence-corrected chi connectivity index (χ2v) is 9.88. The standard InChI is InChI=1S/C27H23ClFN3O2S/c1-31-22-5-3-2-4-21(22)24-25(26(34)30-14-17-8-12-20(29)13-9-17)32(23(33)16-35-27(24)31)15-18-6-10-19(28)11-7-18/h2-13,25H,14-16H2,1H3,(H,30,34). The van der Waals surface area contributed by atoms with Gasteiger partial charge >= 0.3 is 0 Å². The molecule has 0 radical (unpaired) electrons. The maximum Gasteiger partial charge on any atom is 0.247 e. The van der Waals surface area contributed by atoms with Gasteiger partial charge in [0.1, 0.15) is 11.9 Å². The summed E-state index contributed by atoms with van der Waals surface area (Å²) in [4.78, 5) is 28.8. The summed E-state index contributed by atoms with van der Waals surface area (Å²) in [6.45, 7) is 0.500. The van der Waals surface area contributed by atoms with Crippen molar-refractivity contribution in [2.75, 3.05) is 5.75 Å². The first-order valence-corrected chi connectivity index (χ1v) is 12.5. The van der Waals surface area contributed by atoms with Crippen molar-refractivity contribution in [2.45, 2.75) is 24.2 Å². The van der Waals surface area contributed by atoms with Crippen molar-refractivity contribution in [2.24, 2.45) is 7.05 Å². The molecule has 2 amide bonds. The zero-order chi connectivity index (χ0) is 24.5. The lowest BCUT2D eigenvalue weighted by atomic mass is 10.0. The van der Waals surface area contributed by atoms with Gasteiger partial charge in [0, 0.05) is 41.6 Å². The van der Waals surface area contributed by atoms with E-state index in [0.29, 0.717) is 5.02 Å². The number of nitrogens with one attached hydrogen (secondary N) is 1. The molecule has 0 spiro atoms. The summed E-state index contributed by atoms with van der Waals surface area (Å²) in [5, 5.41) is 5.43. The molecular weight excluding hydrogens is 485 g/mol. The molecular formula is C27H23ClFN3O2S. The number of para-hydroxylation sites is 1. The van der Waals surface area contributed by atoms with Crippen LogP contribution in [0.3, 0.4) is 0 Å². The van der Waals surface area contributed by atoms with E-state index in [0.717, 1.165) is 32.6 Å². The van der Waals surface area contributed by atoms with Gasteiger partial charge < -0.3 is 14.8 Å². The highest BCUT2D eigenvalue weighted by molar-refractivity contribution is 8.00. The van der Waals surface area contributed by atoms with E-state index in [4.69, 9.17) is 11.6 Å². The fourth-order valence-electron chi connectivity index (χ4n) is 4.48. The molecule has 3 aromatic carbocycles. The van der Waals surface area contributed by atoms with Crippen LogP contribution in [0.5, 0.6) is 0 Å². The molecule has 1 unspecified atom stereocenters. The van der Waals surface area contributed by atoms with Gasteiger partial charge in [-0.25, -0.2) is 4.39 Å². The minimum atomic E-state index is -0.824. The molecule has 2 heterocycles. The van der Waals surface area contributed by atoms with Crippen LogP contribution in [0.2, 0.25) is 5.02 Å². The normalized spacial score (nSPS) is 15.7. The van der Waals surface area contributed by atoms with Gasteiger partial charge in [-0.1, -0.05) is 65.8 Å². The van der Waals surface area contributed by atoms with Gasteiger partial charge in [-0.15, -0.1) is 0 Å². The number of hydrogen-bond donors (Lipinski definition) is 1. The average molecular weight is 508 g/mol. The third-order valence-electron chi connectivity index (χ3n) is 6.22. The number of carbonyl (C=O) groups excluding carboxylic acids is 2. The van der Waals surface area contributed by atoms with Crippen LogP contribution in [0.25, 0.3) is 10.9 Å². The summed E-state index contributed by atoms with van der Waals surface area (Å²) < 4.78 is 15.4. The first kappa shape index (κ1) is 23.5. The summed E-state index contributed by atoms with van der Waals surface area (Å²) in [6.07, 6.45) is 0. The summed E-state index contributed by atoms with van der Waals surface area (Å²) in [5.74, 6) is -0.503.